The van der Waals surface area contributed by atoms with Crippen LogP contribution in [0.5, 0.6) is 5.75 Å². The first kappa shape index (κ1) is 19.7. The molecule has 0 spiro atoms. The molecule has 1 N–H and O–H groups in total. The third-order valence-corrected chi connectivity index (χ3v) is 5.38. The van der Waals surface area contributed by atoms with E-state index in [1.165, 1.54) is 22.2 Å². The molecule has 0 aliphatic rings. The molecule has 0 aliphatic carbocycles. The lowest BCUT2D eigenvalue weighted by Crippen LogP contribution is -2.41. The number of ether oxygens (including phenoxy) is 1. The lowest BCUT2D eigenvalue weighted by molar-refractivity contribution is -0.116. The molecule has 4 aromatic rings. The Balaban J connectivity index is 1.69. The maximum Gasteiger partial charge on any atom is 0.332 e. The van der Waals surface area contributed by atoms with Crippen LogP contribution >= 0.6 is 11.3 Å². The number of fused-ring (bicyclic) bond motifs is 1. The van der Waals surface area contributed by atoms with Crippen molar-refractivity contribution in [2.45, 2.75) is 20.0 Å². The maximum atomic E-state index is 13.1. The van der Waals surface area contributed by atoms with Crippen molar-refractivity contribution in [3.05, 3.63) is 80.7 Å². The van der Waals surface area contributed by atoms with E-state index in [0.717, 1.165) is 4.57 Å². The number of benzene rings is 1. The van der Waals surface area contributed by atoms with Crippen LogP contribution in [0, 0.1) is 0 Å². The monoisotopic (exact) mass is 425 g/mol. The van der Waals surface area contributed by atoms with E-state index in [1.54, 1.807) is 41.8 Å². The Hall–Kier alpha value is -3.59. The first-order valence-corrected chi connectivity index (χ1v) is 10.2. The van der Waals surface area contributed by atoms with Crippen LogP contribution in [0.1, 0.15) is 12.7 Å². The van der Waals surface area contributed by atoms with Gasteiger partial charge in [-0.3, -0.25) is 18.7 Å². The minimum atomic E-state index is -0.574. The third kappa shape index (κ3) is 3.79. The highest BCUT2D eigenvalue weighted by Gasteiger charge is 2.18. The van der Waals surface area contributed by atoms with Gasteiger partial charge in [0.1, 0.15) is 22.8 Å². The van der Waals surface area contributed by atoms with Crippen molar-refractivity contribution in [1.29, 1.82) is 0 Å². The topological polar surface area (TPSA) is 95.5 Å². The largest absolute Gasteiger partial charge is 0.492 e. The van der Waals surface area contributed by atoms with E-state index < -0.39 is 17.2 Å². The number of anilines is 1. The predicted octanol–water partition coefficient (Wildman–Crippen LogP) is 2.90. The Labute approximate surface area is 174 Å². The maximum absolute atomic E-state index is 13.1. The van der Waals surface area contributed by atoms with Gasteiger partial charge in [-0.2, -0.15) is 0 Å². The van der Waals surface area contributed by atoms with Crippen molar-refractivity contribution >= 4 is 33.1 Å². The Morgan fingerprint density at radius 1 is 1.13 bits per heavy atom. The summed E-state index contributed by atoms with van der Waals surface area (Å²) < 4.78 is 13.6. The molecule has 3 aromatic heterocycles. The van der Waals surface area contributed by atoms with Crippen molar-refractivity contribution in [1.82, 2.24) is 9.13 Å². The lowest BCUT2D eigenvalue weighted by atomic mass is 10.3. The Bertz CT molecular complexity index is 1300. The predicted molar refractivity (Wildman–Crippen MR) is 114 cm³/mol. The van der Waals surface area contributed by atoms with Crippen LogP contribution < -0.4 is 21.3 Å². The van der Waals surface area contributed by atoms with Gasteiger partial charge in [0.15, 0.2) is 0 Å². The summed E-state index contributed by atoms with van der Waals surface area (Å²) in [5.74, 6) is 0.621. The number of nitrogens with one attached hydrogen (secondary N) is 1. The van der Waals surface area contributed by atoms with Crippen molar-refractivity contribution in [2.24, 2.45) is 0 Å². The third-order valence-electron chi connectivity index (χ3n) is 4.49. The summed E-state index contributed by atoms with van der Waals surface area (Å²) in [5.41, 5.74) is -0.0305. The van der Waals surface area contributed by atoms with Gasteiger partial charge >= 0.3 is 5.69 Å². The summed E-state index contributed by atoms with van der Waals surface area (Å²) in [7, 11) is 0. The number of hydrogen-bond acceptors (Lipinski definition) is 6. The molecule has 3 heterocycles. The number of amides is 1. The molecule has 0 saturated carbocycles. The average Bonchev–Trinajstić information content (AvgIpc) is 3.42. The quantitative estimate of drug-likeness (QED) is 0.491. The number of para-hydroxylation sites is 2. The molecule has 0 atom stereocenters. The van der Waals surface area contributed by atoms with Gasteiger partial charge in [-0.1, -0.05) is 12.1 Å². The van der Waals surface area contributed by atoms with Crippen LogP contribution in [0.4, 0.5) is 5.69 Å². The van der Waals surface area contributed by atoms with Crippen molar-refractivity contribution in [2.75, 3.05) is 11.9 Å². The number of thiophene rings is 1. The standard InChI is InChI=1S/C21H19N3O5S/c1-2-28-17-8-4-3-7-15(17)22-18(25)13-23-16-9-11-30-19(16)20(26)24(21(23)27)12-14-6-5-10-29-14/h3-11H,2,12-13H2,1H3,(H,22,25). The molecule has 1 amide bonds. The lowest BCUT2D eigenvalue weighted by Gasteiger charge is -2.13. The fraction of sp³-hybridized carbons (Fsp3) is 0.190. The van der Waals surface area contributed by atoms with Gasteiger partial charge in [0.05, 0.1) is 30.6 Å². The van der Waals surface area contributed by atoms with Gasteiger partial charge in [-0.05, 0) is 42.6 Å². The summed E-state index contributed by atoms with van der Waals surface area (Å²) in [4.78, 5) is 38.6. The highest BCUT2D eigenvalue weighted by Crippen LogP contribution is 2.23. The fourth-order valence-corrected chi connectivity index (χ4v) is 4.01. The zero-order valence-electron chi connectivity index (χ0n) is 16.2. The minimum absolute atomic E-state index is 0.00665. The number of rotatable bonds is 7. The Morgan fingerprint density at radius 3 is 2.73 bits per heavy atom. The second kappa shape index (κ2) is 8.42. The molecule has 1 aromatic carbocycles. The molecule has 0 saturated heterocycles. The highest BCUT2D eigenvalue weighted by atomic mass is 32.1. The fourth-order valence-electron chi connectivity index (χ4n) is 3.17. The van der Waals surface area contributed by atoms with Crippen molar-refractivity contribution in [3.8, 4) is 5.75 Å². The molecule has 4 rings (SSSR count). The smallest absolute Gasteiger partial charge is 0.332 e. The van der Waals surface area contributed by atoms with Crippen LogP contribution in [0.3, 0.4) is 0 Å². The zero-order valence-corrected chi connectivity index (χ0v) is 17.0. The van der Waals surface area contributed by atoms with E-state index in [9.17, 15) is 14.4 Å². The van der Waals surface area contributed by atoms with Gasteiger partial charge in [0.2, 0.25) is 5.91 Å². The van der Waals surface area contributed by atoms with E-state index in [-0.39, 0.29) is 13.1 Å². The van der Waals surface area contributed by atoms with E-state index in [0.29, 0.717) is 34.0 Å². The summed E-state index contributed by atoms with van der Waals surface area (Å²) >= 11 is 1.23. The molecule has 0 unspecified atom stereocenters. The van der Waals surface area contributed by atoms with E-state index in [1.807, 2.05) is 13.0 Å². The molecule has 0 bridgehead atoms. The molecule has 9 heteroatoms. The van der Waals surface area contributed by atoms with Gasteiger partial charge in [0, 0.05) is 0 Å². The number of furan rings is 1. The molecule has 0 fully saturated rings. The number of nitrogens with zero attached hydrogens (tertiary/aromatic N) is 2. The summed E-state index contributed by atoms with van der Waals surface area (Å²) in [5, 5.41) is 4.51. The van der Waals surface area contributed by atoms with Crippen LogP contribution in [0.15, 0.2) is 68.1 Å². The molecule has 30 heavy (non-hydrogen) atoms. The summed E-state index contributed by atoms with van der Waals surface area (Å²) in [6.45, 7) is 2.06. The van der Waals surface area contributed by atoms with Gasteiger partial charge < -0.3 is 14.5 Å². The van der Waals surface area contributed by atoms with Crippen LogP contribution in [0.25, 0.3) is 10.2 Å². The summed E-state index contributed by atoms with van der Waals surface area (Å²) in [6.07, 6.45) is 1.48. The van der Waals surface area contributed by atoms with Gasteiger partial charge in [-0.15, -0.1) is 11.3 Å². The van der Waals surface area contributed by atoms with Crippen molar-refractivity contribution in [3.63, 3.8) is 0 Å². The Morgan fingerprint density at radius 2 is 1.97 bits per heavy atom. The second-order valence-electron chi connectivity index (χ2n) is 6.45. The number of carbonyl (C=O) groups is 1. The van der Waals surface area contributed by atoms with Crippen LogP contribution in [-0.4, -0.2) is 21.6 Å². The van der Waals surface area contributed by atoms with Gasteiger partial charge in [-0.25, -0.2) is 4.79 Å². The number of carbonyl (C=O) groups excluding carboxylic acids is 1. The normalized spacial score (nSPS) is 11.0. The molecule has 0 aliphatic heterocycles. The number of hydrogen-bond donors (Lipinski definition) is 1. The molecule has 154 valence electrons. The van der Waals surface area contributed by atoms with E-state index in [2.05, 4.69) is 5.32 Å². The molecular weight excluding hydrogens is 406 g/mol. The van der Waals surface area contributed by atoms with Crippen molar-refractivity contribution < 1.29 is 13.9 Å². The first-order chi connectivity index (χ1) is 14.6. The molecule has 8 nitrogen and oxygen atoms in total. The average molecular weight is 425 g/mol. The van der Waals surface area contributed by atoms with E-state index >= 15 is 0 Å². The molecule has 0 radical (unpaired) electrons. The van der Waals surface area contributed by atoms with Gasteiger partial charge in [0.25, 0.3) is 5.56 Å². The minimum Gasteiger partial charge on any atom is -0.492 e. The molecular formula is C21H19N3O5S. The Kier molecular flexibility index (Phi) is 5.53. The number of aromatic nitrogens is 2. The van der Waals surface area contributed by atoms with Crippen LogP contribution in [0.2, 0.25) is 0 Å². The summed E-state index contributed by atoms with van der Waals surface area (Å²) in [6, 6.07) is 12.1. The zero-order chi connectivity index (χ0) is 21.1. The highest BCUT2D eigenvalue weighted by molar-refractivity contribution is 7.17. The second-order valence-corrected chi connectivity index (χ2v) is 7.37. The first-order valence-electron chi connectivity index (χ1n) is 9.33. The SMILES string of the molecule is CCOc1ccccc1NC(=O)Cn1c(=O)n(Cc2ccco2)c(=O)c2sccc21. The van der Waals surface area contributed by atoms with Crippen LogP contribution in [-0.2, 0) is 17.9 Å². The van der Waals surface area contributed by atoms with E-state index in [4.69, 9.17) is 9.15 Å².